The van der Waals surface area contributed by atoms with E-state index in [1.54, 1.807) is 4.90 Å². The number of hydrogen-bond acceptors (Lipinski definition) is 5. The molecule has 2 N–H and O–H groups in total. The first-order valence-corrected chi connectivity index (χ1v) is 8.69. The van der Waals surface area contributed by atoms with Crippen molar-refractivity contribution in [3.8, 4) is 11.4 Å². The van der Waals surface area contributed by atoms with Crippen LogP contribution in [-0.4, -0.2) is 51.8 Å². The average Bonchev–Trinajstić information content (AvgIpc) is 3.17. The minimum Gasteiger partial charge on any atom is -0.481 e. The van der Waals surface area contributed by atoms with Crippen molar-refractivity contribution in [2.75, 3.05) is 19.6 Å². The van der Waals surface area contributed by atoms with Crippen molar-refractivity contribution < 1.29 is 19.2 Å². The molecule has 0 spiro atoms. The third-order valence-corrected chi connectivity index (χ3v) is 4.51. The maximum absolute atomic E-state index is 12.3. The van der Waals surface area contributed by atoms with Gasteiger partial charge in [0.2, 0.25) is 11.7 Å². The van der Waals surface area contributed by atoms with Crippen LogP contribution in [0.1, 0.15) is 31.6 Å². The van der Waals surface area contributed by atoms with E-state index in [1.165, 1.54) is 0 Å². The Morgan fingerprint density at radius 1 is 1.38 bits per heavy atom. The van der Waals surface area contributed by atoms with Gasteiger partial charge in [-0.2, -0.15) is 4.98 Å². The highest BCUT2D eigenvalue weighted by Gasteiger charge is 2.28. The molecule has 0 aliphatic carbocycles. The monoisotopic (exact) mass is 358 g/mol. The molecule has 1 aromatic carbocycles. The first-order chi connectivity index (χ1) is 12.5. The molecule has 2 atom stereocenters. The number of piperidine rings is 1. The van der Waals surface area contributed by atoms with E-state index in [-0.39, 0.29) is 18.5 Å². The normalized spacial score (nSPS) is 18.3. The molecule has 1 saturated heterocycles. The number of benzene rings is 1. The quantitative estimate of drug-likeness (QED) is 0.849. The minimum atomic E-state index is -0.852. The summed E-state index contributed by atoms with van der Waals surface area (Å²) in [4.78, 5) is 29.3. The molecule has 3 rings (SSSR count). The van der Waals surface area contributed by atoms with Gasteiger partial charge in [0, 0.05) is 25.2 Å². The number of carboxylic acids is 1. The zero-order valence-electron chi connectivity index (χ0n) is 14.6. The third kappa shape index (κ3) is 4.19. The molecular weight excluding hydrogens is 336 g/mol. The van der Waals surface area contributed by atoms with Crippen molar-refractivity contribution in [2.24, 2.45) is 5.92 Å². The summed E-state index contributed by atoms with van der Waals surface area (Å²) < 4.78 is 5.30. The fourth-order valence-corrected chi connectivity index (χ4v) is 2.94. The van der Waals surface area contributed by atoms with E-state index >= 15 is 0 Å². The largest absolute Gasteiger partial charge is 0.481 e. The number of rotatable bonds is 5. The predicted octanol–water partition coefficient (Wildman–Crippen LogP) is 2.35. The van der Waals surface area contributed by atoms with Crippen molar-refractivity contribution in [1.29, 1.82) is 0 Å². The lowest BCUT2D eigenvalue weighted by Gasteiger charge is -2.30. The number of hydrogen-bond donors (Lipinski definition) is 2. The van der Waals surface area contributed by atoms with E-state index in [0.29, 0.717) is 37.6 Å². The first-order valence-electron chi connectivity index (χ1n) is 8.69. The van der Waals surface area contributed by atoms with Gasteiger partial charge in [0.05, 0.1) is 11.8 Å². The van der Waals surface area contributed by atoms with Crippen molar-refractivity contribution in [3.63, 3.8) is 0 Å². The summed E-state index contributed by atoms with van der Waals surface area (Å²) in [6, 6.07) is 9.26. The van der Waals surface area contributed by atoms with Crippen LogP contribution in [-0.2, 0) is 4.79 Å². The second-order valence-electron chi connectivity index (χ2n) is 6.53. The Bertz CT molecular complexity index is 762. The van der Waals surface area contributed by atoms with E-state index in [0.717, 1.165) is 5.56 Å². The average molecular weight is 358 g/mol. The molecule has 1 aromatic heterocycles. The molecular formula is C18H22N4O4. The van der Waals surface area contributed by atoms with Crippen LogP contribution < -0.4 is 5.32 Å². The molecule has 26 heavy (non-hydrogen) atoms. The first kappa shape index (κ1) is 17.9. The molecule has 2 amide bonds. The second-order valence-corrected chi connectivity index (χ2v) is 6.53. The van der Waals surface area contributed by atoms with Crippen LogP contribution in [0.4, 0.5) is 4.79 Å². The van der Waals surface area contributed by atoms with Gasteiger partial charge in [-0.05, 0) is 12.8 Å². The van der Waals surface area contributed by atoms with Gasteiger partial charge in [-0.25, -0.2) is 4.79 Å². The van der Waals surface area contributed by atoms with Gasteiger partial charge in [-0.15, -0.1) is 0 Å². The van der Waals surface area contributed by atoms with Gasteiger partial charge in [0.1, 0.15) is 0 Å². The number of urea groups is 1. The molecule has 2 aromatic rings. The number of carbonyl (C=O) groups excluding carboxylic acids is 1. The molecule has 2 unspecified atom stereocenters. The van der Waals surface area contributed by atoms with Crippen molar-refractivity contribution >= 4 is 12.0 Å². The number of aliphatic carboxylic acids is 1. The molecule has 1 aliphatic rings. The van der Waals surface area contributed by atoms with Crippen LogP contribution in [0.3, 0.4) is 0 Å². The predicted molar refractivity (Wildman–Crippen MR) is 93.5 cm³/mol. The van der Waals surface area contributed by atoms with Crippen LogP contribution in [0.5, 0.6) is 0 Å². The number of amides is 2. The van der Waals surface area contributed by atoms with E-state index in [4.69, 9.17) is 9.63 Å². The number of aromatic nitrogens is 2. The molecule has 8 nitrogen and oxygen atoms in total. The van der Waals surface area contributed by atoms with Crippen molar-refractivity contribution in [2.45, 2.75) is 25.7 Å². The van der Waals surface area contributed by atoms with Crippen LogP contribution >= 0.6 is 0 Å². The smallest absolute Gasteiger partial charge is 0.317 e. The summed E-state index contributed by atoms with van der Waals surface area (Å²) in [5.41, 5.74) is 0.867. The highest BCUT2D eigenvalue weighted by Crippen LogP contribution is 2.20. The number of likely N-dealkylation sites (tertiary alicyclic amines) is 1. The highest BCUT2D eigenvalue weighted by molar-refractivity contribution is 5.76. The molecule has 1 fully saturated rings. The van der Waals surface area contributed by atoms with Crippen LogP contribution in [0.25, 0.3) is 11.4 Å². The molecule has 8 heteroatoms. The SMILES string of the molecule is CC(CNC(=O)N1CCCC(C(=O)O)C1)c1nc(-c2ccccc2)no1. The Hall–Kier alpha value is -2.90. The van der Waals surface area contributed by atoms with Crippen LogP contribution in [0, 0.1) is 5.92 Å². The minimum absolute atomic E-state index is 0.149. The fraction of sp³-hybridized carbons (Fsp3) is 0.444. The maximum atomic E-state index is 12.3. The maximum Gasteiger partial charge on any atom is 0.317 e. The molecule has 0 bridgehead atoms. The number of nitrogens with zero attached hydrogens (tertiary/aromatic N) is 3. The summed E-state index contributed by atoms with van der Waals surface area (Å²) in [6.07, 6.45) is 1.31. The topological polar surface area (TPSA) is 109 Å². The summed E-state index contributed by atoms with van der Waals surface area (Å²) in [5.74, 6) is -0.527. The Labute approximate surface area is 151 Å². The lowest BCUT2D eigenvalue weighted by molar-refractivity contribution is -0.143. The van der Waals surface area contributed by atoms with Crippen LogP contribution in [0.2, 0.25) is 0 Å². The second kappa shape index (κ2) is 7.99. The lowest BCUT2D eigenvalue weighted by atomic mass is 9.99. The van der Waals surface area contributed by atoms with Gasteiger partial charge < -0.3 is 19.8 Å². The summed E-state index contributed by atoms with van der Waals surface area (Å²) in [5, 5.41) is 15.9. The molecule has 1 aliphatic heterocycles. The van der Waals surface area contributed by atoms with Gasteiger partial charge in [0.25, 0.3) is 0 Å². The fourth-order valence-electron chi connectivity index (χ4n) is 2.94. The molecule has 138 valence electrons. The number of nitrogens with one attached hydrogen (secondary N) is 1. The van der Waals surface area contributed by atoms with Crippen LogP contribution in [0.15, 0.2) is 34.9 Å². The van der Waals surface area contributed by atoms with Gasteiger partial charge in [0.15, 0.2) is 0 Å². The van der Waals surface area contributed by atoms with Crippen molar-refractivity contribution in [1.82, 2.24) is 20.4 Å². The van der Waals surface area contributed by atoms with Gasteiger partial charge in [-0.1, -0.05) is 42.4 Å². The number of carbonyl (C=O) groups is 2. The third-order valence-electron chi connectivity index (χ3n) is 4.51. The molecule has 0 saturated carbocycles. The summed E-state index contributed by atoms with van der Waals surface area (Å²) in [6.45, 7) is 3.04. The van der Waals surface area contributed by atoms with Crippen molar-refractivity contribution in [3.05, 3.63) is 36.2 Å². The summed E-state index contributed by atoms with van der Waals surface area (Å²) in [7, 11) is 0. The van der Waals surface area contributed by atoms with E-state index < -0.39 is 11.9 Å². The highest BCUT2D eigenvalue weighted by atomic mass is 16.5. The van der Waals surface area contributed by atoms with Gasteiger partial charge >= 0.3 is 12.0 Å². The van der Waals surface area contributed by atoms with Gasteiger partial charge in [-0.3, -0.25) is 4.79 Å². The Balaban J connectivity index is 1.54. The Morgan fingerprint density at radius 3 is 2.88 bits per heavy atom. The lowest BCUT2D eigenvalue weighted by Crippen LogP contribution is -2.47. The molecule has 0 radical (unpaired) electrons. The zero-order chi connectivity index (χ0) is 18.5. The summed E-state index contributed by atoms with van der Waals surface area (Å²) >= 11 is 0. The standard InChI is InChI=1S/C18H22N4O4/c1-12(16-20-15(21-26-16)13-6-3-2-4-7-13)10-19-18(25)22-9-5-8-14(11-22)17(23)24/h2-4,6-7,12,14H,5,8-11H2,1H3,(H,19,25)(H,23,24). The number of carboxylic acid groups (broad SMARTS) is 1. The Kier molecular flexibility index (Phi) is 5.50. The van der Waals surface area contributed by atoms with E-state index in [1.807, 2.05) is 37.3 Å². The van der Waals surface area contributed by atoms with E-state index in [9.17, 15) is 9.59 Å². The van der Waals surface area contributed by atoms with E-state index in [2.05, 4.69) is 15.5 Å². The Morgan fingerprint density at radius 2 is 2.15 bits per heavy atom. The zero-order valence-corrected chi connectivity index (χ0v) is 14.6. The molecule has 2 heterocycles.